The van der Waals surface area contributed by atoms with Crippen molar-refractivity contribution in [2.75, 3.05) is 0 Å². The lowest BCUT2D eigenvalue weighted by Crippen LogP contribution is -1.82. The number of hydrogen-bond acceptors (Lipinski definition) is 2. The van der Waals surface area contributed by atoms with E-state index in [1.54, 1.807) is 12.1 Å². The van der Waals surface area contributed by atoms with Crippen LogP contribution in [0.3, 0.4) is 0 Å². The first-order chi connectivity index (χ1) is 7.29. The molecule has 0 spiro atoms. The van der Waals surface area contributed by atoms with Gasteiger partial charge in [0.05, 0.1) is 5.56 Å². The molecule has 0 unspecified atom stereocenters. The minimum Gasteiger partial charge on any atom is -0.508 e. The Morgan fingerprint density at radius 3 is 2.87 bits per heavy atom. The van der Waals surface area contributed by atoms with E-state index in [1.807, 2.05) is 6.07 Å². The third kappa shape index (κ3) is 1.18. The summed E-state index contributed by atoms with van der Waals surface area (Å²) in [6, 6.07) is 7.33. The number of nitrogens with zero attached hydrogens (tertiary/aromatic N) is 1. The van der Waals surface area contributed by atoms with Gasteiger partial charge in [-0.1, -0.05) is 0 Å². The molecule has 3 rings (SSSR count). The van der Waals surface area contributed by atoms with Crippen LogP contribution in [0.5, 0.6) is 5.75 Å². The van der Waals surface area contributed by atoms with Gasteiger partial charge < -0.3 is 10.1 Å². The summed E-state index contributed by atoms with van der Waals surface area (Å²) in [5.74, 6) is 0.731. The lowest BCUT2D eigenvalue weighted by atomic mass is 10.1. The van der Waals surface area contributed by atoms with E-state index in [2.05, 4.69) is 11.1 Å². The van der Waals surface area contributed by atoms with Crippen molar-refractivity contribution in [3.63, 3.8) is 0 Å². The van der Waals surface area contributed by atoms with E-state index in [4.69, 9.17) is 5.26 Å². The van der Waals surface area contributed by atoms with Gasteiger partial charge in [0.2, 0.25) is 0 Å². The van der Waals surface area contributed by atoms with Crippen molar-refractivity contribution in [3.05, 3.63) is 29.5 Å². The molecule has 0 saturated heterocycles. The van der Waals surface area contributed by atoms with Crippen molar-refractivity contribution >= 4 is 10.9 Å². The van der Waals surface area contributed by atoms with E-state index >= 15 is 0 Å². The molecule has 3 nitrogen and oxygen atoms in total. The number of aromatic nitrogens is 1. The second-order valence-corrected chi connectivity index (χ2v) is 4.03. The Morgan fingerprint density at radius 2 is 2.20 bits per heavy atom. The fourth-order valence-corrected chi connectivity index (χ4v) is 2.00. The second-order valence-electron chi connectivity index (χ2n) is 4.03. The van der Waals surface area contributed by atoms with Gasteiger partial charge in [-0.3, -0.25) is 0 Å². The van der Waals surface area contributed by atoms with E-state index in [0.29, 0.717) is 11.5 Å². The van der Waals surface area contributed by atoms with Gasteiger partial charge >= 0.3 is 0 Å². The van der Waals surface area contributed by atoms with Gasteiger partial charge in [-0.25, -0.2) is 0 Å². The zero-order valence-corrected chi connectivity index (χ0v) is 8.12. The summed E-state index contributed by atoms with van der Waals surface area (Å²) in [7, 11) is 0. The van der Waals surface area contributed by atoms with E-state index in [-0.39, 0.29) is 5.75 Å². The zero-order chi connectivity index (χ0) is 10.4. The van der Waals surface area contributed by atoms with Crippen molar-refractivity contribution in [2.24, 2.45) is 0 Å². The Balaban J connectivity index is 2.34. The van der Waals surface area contributed by atoms with E-state index < -0.39 is 0 Å². The molecule has 0 amide bonds. The Labute approximate surface area is 87.0 Å². The van der Waals surface area contributed by atoms with Crippen molar-refractivity contribution in [1.29, 1.82) is 5.26 Å². The van der Waals surface area contributed by atoms with Crippen molar-refractivity contribution < 1.29 is 5.11 Å². The monoisotopic (exact) mass is 198 g/mol. The van der Waals surface area contributed by atoms with Crippen LogP contribution in [0.25, 0.3) is 10.9 Å². The molecule has 15 heavy (non-hydrogen) atoms. The molecule has 1 saturated carbocycles. The highest BCUT2D eigenvalue weighted by molar-refractivity contribution is 5.88. The highest BCUT2D eigenvalue weighted by Crippen LogP contribution is 2.43. The Hall–Kier alpha value is -1.95. The molecule has 1 aliphatic carbocycles. The van der Waals surface area contributed by atoms with Crippen LogP contribution in [0.15, 0.2) is 18.2 Å². The molecule has 2 N–H and O–H groups in total. The van der Waals surface area contributed by atoms with Gasteiger partial charge in [-0.05, 0) is 31.0 Å². The van der Waals surface area contributed by atoms with Crippen LogP contribution >= 0.6 is 0 Å². The van der Waals surface area contributed by atoms with Crippen LogP contribution in [0.2, 0.25) is 0 Å². The van der Waals surface area contributed by atoms with Gasteiger partial charge in [0.25, 0.3) is 0 Å². The minimum atomic E-state index is 0.209. The molecule has 1 aliphatic rings. The lowest BCUT2D eigenvalue weighted by molar-refractivity contribution is 0.476. The number of aromatic hydroxyl groups is 1. The second kappa shape index (κ2) is 2.77. The first-order valence-corrected chi connectivity index (χ1v) is 5.04. The number of phenols is 1. The molecule has 2 aromatic rings. The molecular weight excluding hydrogens is 188 g/mol. The number of aromatic amines is 1. The topological polar surface area (TPSA) is 59.8 Å². The molecule has 0 bridgehead atoms. The molecule has 0 aliphatic heterocycles. The number of nitriles is 1. The Bertz CT molecular complexity index is 573. The molecular formula is C12H10N2O. The molecule has 3 heteroatoms. The average Bonchev–Trinajstić information content (AvgIpc) is 3.00. The fourth-order valence-electron chi connectivity index (χ4n) is 2.00. The largest absolute Gasteiger partial charge is 0.508 e. The van der Waals surface area contributed by atoms with Gasteiger partial charge in [0, 0.05) is 22.5 Å². The number of nitrogens with one attached hydrogen (secondary N) is 1. The predicted octanol–water partition coefficient (Wildman–Crippen LogP) is 2.62. The molecule has 74 valence electrons. The summed E-state index contributed by atoms with van der Waals surface area (Å²) in [5.41, 5.74) is 2.67. The zero-order valence-electron chi connectivity index (χ0n) is 8.12. The van der Waals surface area contributed by atoms with Crippen LogP contribution in [0.1, 0.15) is 30.0 Å². The van der Waals surface area contributed by atoms with Crippen LogP contribution in [0, 0.1) is 11.3 Å². The minimum absolute atomic E-state index is 0.209. The number of H-pyrrole nitrogens is 1. The van der Waals surface area contributed by atoms with Gasteiger partial charge in [-0.2, -0.15) is 5.26 Å². The summed E-state index contributed by atoms with van der Waals surface area (Å²) in [5, 5.41) is 19.3. The number of fused-ring (bicyclic) bond motifs is 1. The maximum absolute atomic E-state index is 9.39. The molecule has 1 aromatic carbocycles. The standard InChI is InChI=1S/C12H10N2O/c13-6-10-9-5-8(15)3-4-11(9)14-12(10)7-1-2-7/h3-5,7,14-15H,1-2H2. The van der Waals surface area contributed by atoms with Crippen LogP contribution in [-0.2, 0) is 0 Å². The van der Waals surface area contributed by atoms with Gasteiger partial charge in [0.15, 0.2) is 0 Å². The summed E-state index contributed by atoms with van der Waals surface area (Å²) in [4.78, 5) is 3.27. The number of rotatable bonds is 1. The highest BCUT2D eigenvalue weighted by atomic mass is 16.3. The van der Waals surface area contributed by atoms with Crippen molar-refractivity contribution in [3.8, 4) is 11.8 Å². The summed E-state index contributed by atoms with van der Waals surface area (Å²) in [6.07, 6.45) is 2.32. The third-order valence-electron chi connectivity index (χ3n) is 2.91. The van der Waals surface area contributed by atoms with Crippen LogP contribution in [-0.4, -0.2) is 10.1 Å². The average molecular weight is 198 g/mol. The normalized spacial score (nSPS) is 15.4. The van der Waals surface area contributed by atoms with Crippen LogP contribution < -0.4 is 0 Å². The van der Waals surface area contributed by atoms with Crippen molar-refractivity contribution in [1.82, 2.24) is 4.98 Å². The molecule has 0 atom stereocenters. The molecule has 1 aromatic heterocycles. The highest BCUT2D eigenvalue weighted by Gasteiger charge is 2.28. The first-order valence-electron chi connectivity index (χ1n) is 5.04. The molecule has 1 heterocycles. The SMILES string of the molecule is N#Cc1c(C2CC2)[nH]c2ccc(O)cc12. The quantitative estimate of drug-likeness (QED) is 0.739. The Morgan fingerprint density at radius 1 is 1.40 bits per heavy atom. The fraction of sp³-hybridized carbons (Fsp3) is 0.250. The van der Waals surface area contributed by atoms with E-state index in [1.165, 1.54) is 0 Å². The first kappa shape index (κ1) is 8.37. The maximum atomic E-state index is 9.39. The summed E-state index contributed by atoms with van der Waals surface area (Å²) < 4.78 is 0. The predicted molar refractivity (Wildman–Crippen MR) is 56.7 cm³/mol. The Kier molecular flexibility index (Phi) is 1.54. The lowest BCUT2D eigenvalue weighted by Gasteiger charge is -1.92. The van der Waals surface area contributed by atoms with Crippen LogP contribution in [0.4, 0.5) is 0 Å². The van der Waals surface area contributed by atoms with Gasteiger partial charge in [0.1, 0.15) is 11.8 Å². The summed E-state index contributed by atoms with van der Waals surface area (Å²) in [6.45, 7) is 0. The number of hydrogen-bond donors (Lipinski definition) is 2. The van der Waals surface area contributed by atoms with E-state index in [9.17, 15) is 5.11 Å². The van der Waals surface area contributed by atoms with Gasteiger partial charge in [-0.15, -0.1) is 0 Å². The maximum Gasteiger partial charge on any atom is 0.116 e. The smallest absolute Gasteiger partial charge is 0.116 e. The number of phenolic OH excluding ortho intramolecular Hbond substituents is 1. The third-order valence-corrected chi connectivity index (χ3v) is 2.91. The van der Waals surface area contributed by atoms with E-state index in [0.717, 1.165) is 29.4 Å². The molecule has 1 fully saturated rings. The number of benzene rings is 1. The molecule has 0 radical (unpaired) electrons. The van der Waals surface area contributed by atoms with Crippen molar-refractivity contribution in [2.45, 2.75) is 18.8 Å². The summed E-state index contributed by atoms with van der Waals surface area (Å²) >= 11 is 0.